The first-order valence-corrected chi connectivity index (χ1v) is 6.04. The molecule has 0 aliphatic heterocycles. The zero-order chi connectivity index (χ0) is 14.9. The second kappa shape index (κ2) is 5.16. The van der Waals surface area contributed by atoms with Gasteiger partial charge in [-0.25, -0.2) is 4.79 Å². The van der Waals surface area contributed by atoms with Gasteiger partial charge >= 0.3 is 5.97 Å². The number of hydrogen-bond acceptors (Lipinski definition) is 3. The van der Waals surface area contributed by atoms with Crippen molar-refractivity contribution in [2.24, 2.45) is 7.05 Å². The van der Waals surface area contributed by atoms with Crippen molar-refractivity contribution in [2.45, 2.75) is 13.8 Å². The van der Waals surface area contributed by atoms with E-state index in [4.69, 9.17) is 5.11 Å². The number of carbonyl (C=O) groups is 2. The van der Waals surface area contributed by atoms with E-state index >= 15 is 0 Å². The van der Waals surface area contributed by atoms with Crippen LogP contribution >= 0.6 is 0 Å². The predicted octanol–water partition coefficient (Wildman–Crippen LogP) is 1.99. The van der Waals surface area contributed by atoms with Crippen molar-refractivity contribution in [3.8, 4) is 0 Å². The van der Waals surface area contributed by atoms with Crippen LogP contribution in [0.3, 0.4) is 0 Å². The molecule has 0 unspecified atom stereocenters. The molecule has 0 atom stereocenters. The van der Waals surface area contributed by atoms with Gasteiger partial charge in [-0.1, -0.05) is 12.1 Å². The van der Waals surface area contributed by atoms with E-state index in [0.717, 1.165) is 11.1 Å². The highest BCUT2D eigenvalue weighted by molar-refractivity contribution is 6.09. The van der Waals surface area contributed by atoms with E-state index in [0.29, 0.717) is 5.69 Å². The average molecular weight is 273 g/mol. The Labute approximate surface area is 116 Å². The fourth-order valence-corrected chi connectivity index (χ4v) is 1.92. The number of nitrogens with zero attached hydrogens (tertiary/aromatic N) is 2. The minimum absolute atomic E-state index is 0.0263. The Kier molecular flexibility index (Phi) is 3.56. The van der Waals surface area contributed by atoms with Crippen LogP contribution in [0.5, 0.6) is 0 Å². The van der Waals surface area contributed by atoms with Crippen LogP contribution in [0.25, 0.3) is 0 Å². The van der Waals surface area contributed by atoms with Gasteiger partial charge in [0.2, 0.25) is 0 Å². The van der Waals surface area contributed by atoms with Gasteiger partial charge < -0.3 is 10.4 Å². The first-order valence-electron chi connectivity index (χ1n) is 6.04. The monoisotopic (exact) mass is 273 g/mol. The van der Waals surface area contributed by atoms with Crippen LogP contribution in [0.4, 0.5) is 5.69 Å². The number of nitrogens with one attached hydrogen (secondary N) is 1. The maximum absolute atomic E-state index is 12.2. The molecule has 0 saturated carbocycles. The van der Waals surface area contributed by atoms with E-state index in [2.05, 4.69) is 10.4 Å². The molecule has 1 amide bonds. The Morgan fingerprint density at radius 2 is 2.00 bits per heavy atom. The van der Waals surface area contributed by atoms with Gasteiger partial charge in [-0.15, -0.1) is 0 Å². The van der Waals surface area contributed by atoms with E-state index < -0.39 is 11.9 Å². The molecule has 0 bridgehead atoms. The number of benzene rings is 1. The van der Waals surface area contributed by atoms with E-state index in [1.165, 1.54) is 17.9 Å². The van der Waals surface area contributed by atoms with Gasteiger partial charge in [0.1, 0.15) is 11.3 Å². The van der Waals surface area contributed by atoms with Crippen LogP contribution in [-0.4, -0.2) is 26.8 Å². The molecule has 2 aromatic rings. The largest absolute Gasteiger partial charge is 0.478 e. The zero-order valence-electron chi connectivity index (χ0n) is 11.5. The third-order valence-corrected chi connectivity index (χ3v) is 3.03. The molecule has 2 rings (SSSR count). The van der Waals surface area contributed by atoms with Crippen LogP contribution in [0.15, 0.2) is 24.4 Å². The Morgan fingerprint density at radius 1 is 1.30 bits per heavy atom. The van der Waals surface area contributed by atoms with Crippen molar-refractivity contribution >= 4 is 17.6 Å². The van der Waals surface area contributed by atoms with Gasteiger partial charge in [-0.3, -0.25) is 9.48 Å². The lowest BCUT2D eigenvalue weighted by molar-refractivity contribution is 0.0692. The molecule has 0 saturated heterocycles. The summed E-state index contributed by atoms with van der Waals surface area (Å²) in [6.45, 7) is 3.79. The summed E-state index contributed by atoms with van der Waals surface area (Å²) in [5.74, 6) is -1.67. The van der Waals surface area contributed by atoms with Gasteiger partial charge in [0.25, 0.3) is 5.91 Å². The van der Waals surface area contributed by atoms with Crippen molar-refractivity contribution in [2.75, 3.05) is 5.32 Å². The number of amides is 1. The molecule has 20 heavy (non-hydrogen) atoms. The molecular weight excluding hydrogens is 258 g/mol. The number of rotatable bonds is 3. The Bertz CT molecular complexity index is 689. The van der Waals surface area contributed by atoms with Gasteiger partial charge in [-0.05, 0) is 31.0 Å². The lowest BCUT2D eigenvalue weighted by Crippen LogP contribution is -2.19. The predicted molar refractivity (Wildman–Crippen MR) is 74.0 cm³/mol. The minimum atomic E-state index is -1.18. The normalized spacial score (nSPS) is 10.3. The highest BCUT2D eigenvalue weighted by Crippen LogP contribution is 2.18. The quantitative estimate of drug-likeness (QED) is 0.895. The first kappa shape index (κ1) is 13.8. The standard InChI is InChI=1S/C14H15N3O3/c1-8-4-5-9(2)11(6-8)16-13(18)12-10(14(19)20)7-15-17(12)3/h4-7H,1-3H3,(H,16,18)(H,19,20). The zero-order valence-corrected chi connectivity index (χ0v) is 11.5. The second-order valence-corrected chi connectivity index (χ2v) is 4.61. The molecule has 6 heteroatoms. The van der Waals surface area contributed by atoms with E-state index in [1.807, 2.05) is 32.0 Å². The maximum atomic E-state index is 12.2. The number of carbonyl (C=O) groups excluding carboxylic acids is 1. The van der Waals surface area contributed by atoms with Crippen molar-refractivity contribution in [3.05, 3.63) is 46.8 Å². The highest BCUT2D eigenvalue weighted by Gasteiger charge is 2.21. The highest BCUT2D eigenvalue weighted by atomic mass is 16.4. The van der Waals surface area contributed by atoms with Gasteiger partial charge in [0.15, 0.2) is 0 Å². The van der Waals surface area contributed by atoms with Crippen LogP contribution in [0.2, 0.25) is 0 Å². The molecule has 6 nitrogen and oxygen atoms in total. The average Bonchev–Trinajstić information content (AvgIpc) is 2.76. The molecule has 1 aromatic carbocycles. The molecule has 1 heterocycles. The number of aromatic carboxylic acids is 1. The molecule has 1 aromatic heterocycles. The van der Waals surface area contributed by atoms with E-state index in [1.54, 1.807) is 0 Å². The first-order chi connectivity index (χ1) is 9.40. The third-order valence-electron chi connectivity index (χ3n) is 3.03. The molecular formula is C14H15N3O3. The molecule has 0 aliphatic carbocycles. The van der Waals surface area contributed by atoms with Crippen LogP contribution in [0.1, 0.15) is 32.0 Å². The maximum Gasteiger partial charge on any atom is 0.339 e. The SMILES string of the molecule is Cc1ccc(C)c(NC(=O)c2c(C(=O)O)cnn2C)c1. The molecule has 0 radical (unpaired) electrons. The summed E-state index contributed by atoms with van der Waals surface area (Å²) in [7, 11) is 1.53. The number of carboxylic acids is 1. The Balaban J connectivity index is 2.36. The fourth-order valence-electron chi connectivity index (χ4n) is 1.92. The topological polar surface area (TPSA) is 84.2 Å². The molecule has 0 aliphatic rings. The van der Waals surface area contributed by atoms with Crippen molar-refractivity contribution in [1.29, 1.82) is 0 Å². The molecule has 0 fully saturated rings. The van der Waals surface area contributed by atoms with Crippen LogP contribution in [0, 0.1) is 13.8 Å². The van der Waals surface area contributed by atoms with Gasteiger partial charge in [0, 0.05) is 12.7 Å². The smallest absolute Gasteiger partial charge is 0.339 e. The van der Waals surface area contributed by atoms with Crippen LogP contribution < -0.4 is 5.32 Å². The van der Waals surface area contributed by atoms with Gasteiger partial charge in [0.05, 0.1) is 6.20 Å². The summed E-state index contributed by atoms with van der Waals surface area (Å²) >= 11 is 0. The Morgan fingerprint density at radius 3 is 2.65 bits per heavy atom. The van der Waals surface area contributed by atoms with Crippen LogP contribution in [-0.2, 0) is 7.05 Å². The summed E-state index contributed by atoms with van der Waals surface area (Å²) < 4.78 is 1.25. The van der Waals surface area contributed by atoms with Crippen molar-refractivity contribution in [3.63, 3.8) is 0 Å². The summed E-state index contributed by atoms with van der Waals surface area (Å²) in [6, 6.07) is 5.67. The fraction of sp³-hybridized carbons (Fsp3) is 0.214. The number of aryl methyl sites for hydroxylation is 3. The Hall–Kier alpha value is -2.63. The summed E-state index contributed by atoms with van der Waals surface area (Å²) in [6.07, 6.45) is 1.17. The summed E-state index contributed by atoms with van der Waals surface area (Å²) in [5.41, 5.74) is 2.48. The third kappa shape index (κ3) is 2.54. The van der Waals surface area contributed by atoms with Crippen molar-refractivity contribution < 1.29 is 14.7 Å². The summed E-state index contributed by atoms with van der Waals surface area (Å²) in [4.78, 5) is 23.3. The van der Waals surface area contributed by atoms with Gasteiger partial charge in [-0.2, -0.15) is 5.10 Å². The lowest BCUT2D eigenvalue weighted by Gasteiger charge is -2.10. The second-order valence-electron chi connectivity index (χ2n) is 4.61. The molecule has 0 spiro atoms. The lowest BCUT2D eigenvalue weighted by atomic mass is 10.1. The number of anilines is 1. The van der Waals surface area contributed by atoms with Crippen molar-refractivity contribution in [1.82, 2.24) is 9.78 Å². The number of hydrogen-bond donors (Lipinski definition) is 2. The summed E-state index contributed by atoms with van der Waals surface area (Å²) in [5, 5.41) is 15.6. The minimum Gasteiger partial charge on any atom is -0.478 e. The van der Waals surface area contributed by atoms with E-state index in [9.17, 15) is 9.59 Å². The molecule has 2 N–H and O–H groups in total. The molecule has 104 valence electrons. The number of carboxylic acid groups (broad SMARTS) is 1. The van der Waals surface area contributed by atoms with E-state index in [-0.39, 0.29) is 11.3 Å². The number of aromatic nitrogens is 2.